The molecule has 1 heterocycles. The van der Waals surface area contributed by atoms with Crippen LogP contribution in [0.15, 0.2) is 39.7 Å². The zero-order chi connectivity index (χ0) is 22.5. The number of nitrogens with one attached hydrogen (secondary N) is 2. The van der Waals surface area contributed by atoms with E-state index in [0.29, 0.717) is 37.5 Å². The maximum atomic E-state index is 12.4. The summed E-state index contributed by atoms with van der Waals surface area (Å²) >= 11 is 9.71. The number of thiocarbonyl (C=S) groups is 1. The second-order valence-corrected chi connectivity index (χ2v) is 9.32. The van der Waals surface area contributed by atoms with Gasteiger partial charge in [0.25, 0.3) is 11.8 Å². The molecule has 9 heteroatoms. The van der Waals surface area contributed by atoms with Crippen molar-refractivity contribution in [2.75, 3.05) is 18.5 Å². The highest BCUT2D eigenvalue weighted by atomic mass is 79.9. The van der Waals surface area contributed by atoms with Crippen molar-refractivity contribution < 1.29 is 19.1 Å². The van der Waals surface area contributed by atoms with Crippen LogP contribution in [0.4, 0.5) is 5.69 Å². The Morgan fingerprint density at radius 1 is 1.23 bits per heavy atom. The van der Waals surface area contributed by atoms with Crippen LogP contribution in [0, 0.1) is 13.8 Å². The van der Waals surface area contributed by atoms with Crippen molar-refractivity contribution in [1.82, 2.24) is 5.32 Å². The van der Waals surface area contributed by atoms with Crippen LogP contribution in [0.1, 0.15) is 23.6 Å². The quantitative estimate of drug-likeness (QED) is 0.396. The fourth-order valence-corrected chi connectivity index (χ4v) is 4.42. The van der Waals surface area contributed by atoms with Gasteiger partial charge in [-0.05, 0) is 83.7 Å². The molecule has 0 bridgehead atoms. The Labute approximate surface area is 198 Å². The SMILES string of the molecule is CCOc1cc(/C=C2\SC(=S)NC2=O)cc(Br)c1OCC(=O)Nc1ccc(C)c(C)c1. The molecule has 162 valence electrons. The molecule has 1 aliphatic heterocycles. The summed E-state index contributed by atoms with van der Waals surface area (Å²) < 4.78 is 12.5. The number of hydrogen-bond acceptors (Lipinski definition) is 6. The molecule has 0 spiro atoms. The lowest BCUT2D eigenvalue weighted by Crippen LogP contribution is -2.20. The molecule has 1 aliphatic rings. The van der Waals surface area contributed by atoms with Crippen LogP contribution < -0.4 is 20.1 Å². The fraction of sp³-hybridized carbons (Fsp3) is 0.227. The van der Waals surface area contributed by atoms with E-state index in [0.717, 1.165) is 16.7 Å². The fourth-order valence-electron chi connectivity index (χ4n) is 2.80. The standard InChI is InChI=1S/C22H21BrN2O4S2/c1-4-28-17-9-14(10-18-21(27)25-22(30)31-18)8-16(23)20(17)29-11-19(26)24-15-6-5-12(2)13(3)7-15/h5-10H,4,11H2,1-3H3,(H,24,26)(H,25,27,30)/b18-10-. The summed E-state index contributed by atoms with van der Waals surface area (Å²) in [4.78, 5) is 24.8. The lowest BCUT2D eigenvalue weighted by Gasteiger charge is -2.15. The van der Waals surface area contributed by atoms with Crippen LogP contribution in [0.25, 0.3) is 6.08 Å². The molecule has 0 aliphatic carbocycles. The number of anilines is 1. The van der Waals surface area contributed by atoms with Crippen LogP contribution in [0.2, 0.25) is 0 Å². The van der Waals surface area contributed by atoms with Gasteiger partial charge in [-0.1, -0.05) is 30.0 Å². The number of thioether (sulfide) groups is 1. The highest BCUT2D eigenvalue weighted by Gasteiger charge is 2.22. The largest absolute Gasteiger partial charge is 0.490 e. The molecule has 0 aromatic heterocycles. The second kappa shape index (κ2) is 10.3. The molecule has 2 aromatic rings. The number of benzene rings is 2. The molecule has 2 aromatic carbocycles. The summed E-state index contributed by atoms with van der Waals surface area (Å²) in [5.41, 5.74) is 3.71. The minimum atomic E-state index is -0.281. The summed E-state index contributed by atoms with van der Waals surface area (Å²) in [5, 5.41) is 5.42. The Morgan fingerprint density at radius 2 is 2.00 bits per heavy atom. The Hall–Kier alpha value is -2.36. The third-order valence-electron chi connectivity index (χ3n) is 4.41. The van der Waals surface area contributed by atoms with Gasteiger partial charge in [0.1, 0.15) is 4.32 Å². The highest BCUT2D eigenvalue weighted by Crippen LogP contribution is 2.38. The van der Waals surface area contributed by atoms with Crippen LogP contribution in [-0.4, -0.2) is 29.3 Å². The van der Waals surface area contributed by atoms with E-state index in [1.54, 1.807) is 18.2 Å². The Bertz CT molecular complexity index is 1090. The van der Waals surface area contributed by atoms with Crippen LogP contribution in [0.3, 0.4) is 0 Å². The van der Waals surface area contributed by atoms with E-state index >= 15 is 0 Å². The van der Waals surface area contributed by atoms with E-state index in [-0.39, 0.29) is 18.4 Å². The molecule has 0 unspecified atom stereocenters. The number of hydrogen-bond donors (Lipinski definition) is 2. The van der Waals surface area contributed by atoms with E-state index in [1.807, 2.05) is 39.0 Å². The van der Waals surface area contributed by atoms with Gasteiger partial charge < -0.3 is 20.1 Å². The molecule has 3 rings (SSSR count). The zero-order valence-electron chi connectivity index (χ0n) is 17.2. The molecular weight excluding hydrogens is 500 g/mol. The molecule has 0 radical (unpaired) electrons. The van der Waals surface area contributed by atoms with Crippen LogP contribution in [-0.2, 0) is 9.59 Å². The number of amides is 2. The molecule has 31 heavy (non-hydrogen) atoms. The average Bonchev–Trinajstić information content (AvgIpc) is 3.01. The van der Waals surface area contributed by atoms with Crippen molar-refractivity contribution in [3.05, 3.63) is 56.4 Å². The number of carbonyl (C=O) groups is 2. The van der Waals surface area contributed by atoms with E-state index in [2.05, 4.69) is 26.6 Å². The van der Waals surface area contributed by atoms with Gasteiger partial charge in [-0.3, -0.25) is 9.59 Å². The van der Waals surface area contributed by atoms with Gasteiger partial charge in [-0.25, -0.2) is 0 Å². The van der Waals surface area contributed by atoms with Crippen LogP contribution in [0.5, 0.6) is 11.5 Å². The van der Waals surface area contributed by atoms with Crippen LogP contribution >= 0.6 is 39.9 Å². The number of carbonyl (C=O) groups excluding carboxylic acids is 2. The van der Waals surface area contributed by atoms with Gasteiger partial charge in [0.15, 0.2) is 18.1 Å². The average molecular weight is 521 g/mol. The van der Waals surface area contributed by atoms with Gasteiger partial charge in [0.2, 0.25) is 0 Å². The van der Waals surface area contributed by atoms with Crippen molar-refractivity contribution in [2.45, 2.75) is 20.8 Å². The maximum absolute atomic E-state index is 12.4. The normalized spacial score (nSPS) is 14.5. The number of ether oxygens (including phenoxy) is 2. The van der Waals surface area contributed by atoms with E-state index in [4.69, 9.17) is 21.7 Å². The molecule has 0 atom stereocenters. The molecule has 2 amide bonds. The number of rotatable bonds is 7. The predicted molar refractivity (Wildman–Crippen MR) is 132 cm³/mol. The topological polar surface area (TPSA) is 76.7 Å². The third-order valence-corrected chi connectivity index (χ3v) is 6.16. The number of aryl methyl sites for hydroxylation is 2. The van der Waals surface area contributed by atoms with E-state index < -0.39 is 0 Å². The maximum Gasteiger partial charge on any atom is 0.263 e. The monoisotopic (exact) mass is 520 g/mol. The first-order chi connectivity index (χ1) is 14.8. The van der Waals surface area contributed by atoms with Gasteiger partial charge >= 0.3 is 0 Å². The van der Waals surface area contributed by atoms with Gasteiger partial charge in [0.05, 0.1) is 16.0 Å². The lowest BCUT2D eigenvalue weighted by molar-refractivity contribution is -0.118. The first-order valence-electron chi connectivity index (χ1n) is 9.48. The van der Waals surface area contributed by atoms with Crippen molar-refractivity contribution in [3.63, 3.8) is 0 Å². The Morgan fingerprint density at radius 3 is 2.65 bits per heavy atom. The minimum Gasteiger partial charge on any atom is -0.490 e. The highest BCUT2D eigenvalue weighted by molar-refractivity contribution is 9.10. The van der Waals surface area contributed by atoms with Crippen molar-refractivity contribution >= 4 is 67.8 Å². The molecular formula is C22H21BrN2O4S2. The summed E-state index contributed by atoms with van der Waals surface area (Å²) in [6.45, 7) is 6.09. The smallest absolute Gasteiger partial charge is 0.263 e. The van der Waals surface area contributed by atoms with E-state index in [1.165, 1.54) is 11.8 Å². The first kappa shape index (κ1) is 23.3. The Kier molecular flexibility index (Phi) is 7.74. The van der Waals surface area contributed by atoms with E-state index in [9.17, 15) is 9.59 Å². The molecule has 2 N–H and O–H groups in total. The summed E-state index contributed by atoms with van der Waals surface area (Å²) in [7, 11) is 0. The third kappa shape index (κ3) is 6.09. The zero-order valence-corrected chi connectivity index (χ0v) is 20.4. The van der Waals surface area contributed by atoms with Crippen molar-refractivity contribution in [2.24, 2.45) is 0 Å². The van der Waals surface area contributed by atoms with Gasteiger partial charge in [-0.15, -0.1) is 0 Å². The lowest BCUT2D eigenvalue weighted by atomic mass is 10.1. The Balaban J connectivity index is 1.75. The summed E-state index contributed by atoms with van der Waals surface area (Å²) in [6, 6.07) is 9.28. The molecule has 1 saturated heterocycles. The van der Waals surface area contributed by atoms with Crippen molar-refractivity contribution in [1.29, 1.82) is 0 Å². The molecule has 0 saturated carbocycles. The minimum absolute atomic E-state index is 0.182. The summed E-state index contributed by atoms with van der Waals surface area (Å²) in [6.07, 6.45) is 1.72. The van der Waals surface area contributed by atoms with Crippen molar-refractivity contribution in [3.8, 4) is 11.5 Å². The number of halogens is 1. The second-order valence-electron chi connectivity index (χ2n) is 6.75. The molecule has 1 fully saturated rings. The van der Waals surface area contributed by atoms with Gasteiger partial charge in [-0.2, -0.15) is 0 Å². The molecule has 6 nitrogen and oxygen atoms in total. The predicted octanol–water partition coefficient (Wildman–Crippen LogP) is 4.97. The van der Waals surface area contributed by atoms with Gasteiger partial charge in [0, 0.05) is 5.69 Å². The summed E-state index contributed by atoms with van der Waals surface area (Å²) in [5.74, 6) is 0.371. The first-order valence-corrected chi connectivity index (χ1v) is 11.5.